The average molecular weight is 345 g/mol. The van der Waals surface area contributed by atoms with Crippen LogP contribution in [0.1, 0.15) is 24.3 Å². The summed E-state index contributed by atoms with van der Waals surface area (Å²) in [6, 6.07) is 11.4. The molecule has 1 nitrogen and oxygen atoms in total. The van der Waals surface area contributed by atoms with Gasteiger partial charge in [0.05, 0.1) is 10.0 Å². The third-order valence-electron chi connectivity index (χ3n) is 3.81. The van der Waals surface area contributed by atoms with E-state index >= 15 is 0 Å². The van der Waals surface area contributed by atoms with Crippen molar-refractivity contribution in [1.82, 2.24) is 0 Å². The fourth-order valence-corrected chi connectivity index (χ4v) is 3.33. The molecule has 0 radical (unpaired) electrons. The topological polar surface area (TPSA) is 12.0 Å². The third kappa shape index (κ3) is 3.28. The van der Waals surface area contributed by atoms with Crippen molar-refractivity contribution in [3.05, 3.63) is 62.8 Å². The van der Waals surface area contributed by atoms with E-state index in [-0.39, 0.29) is 10.0 Å². The Labute approximate surface area is 138 Å². The second-order valence-electron chi connectivity index (χ2n) is 5.32. The lowest BCUT2D eigenvalue weighted by molar-refractivity contribution is 0.374. The van der Waals surface area contributed by atoms with Gasteiger partial charge in [-0.25, -0.2) is 4.39 Å². The van der Waals surface area contributed by atoms with Crippen LogP contribution in [0.3, 0.4) is 0 Å². The summed E-state index contributed by atoms with van der Waals surface area (Å²) in [6.07, 6.45) is 2.01. The van der Waals surface area contributed by atoms with Crippen molar-refractivity contribution in [2.75, 3.05) is 5.32 Å². The van der Waals surface area contributed by atoms with Crippen LogP contribution in [-0.4, -0.2) is 6.04 Å². The Bertz CT molecular complexity index is 645. The van der Waals surface area contributed by atoms with Gasteiger partial charge in [0, 0.05) is 16.8 Å². The quantitative estimate of drug-likeness (QED) is 0.659. The molecule has 2 aromatic carbocycles. The van der Waals surface area contributed by atoms with Gasteiger partial charge in [0.15, 0.2) is 5.82 Å². The molecule has 0 saturated heterocycles. The molecule has 0 amide bonds. The summed E-state index contributed by atoms with van der Waals surface area (Å²) in [5.41, 5.74) is 2.01. The molecule has 21 heavy (non-hydrogen) atoms. The molecule has 1 aliphatic carbocycles. The molecular formula is C16H13Cl3FN. The van der Waals surface area contributed by atoms with Gasteiger partial charge in [-0.15, -0.1) is 0 Å². The van der Waals surface area contributed by atoms with Gasteiger partial charge in [-0.05, 0) is 48.6 Å². The highest BCUT2D eigenvalue weighted by Gasteiger charge is 2.30. The highest BCUT2D eigenvalue weighted by molar-refractivity contribution is 6.35. The van der Waals surface area contributed by atoms with Gasteiger partial charge in [-0.1, -0.05) is 46.9 Å². The molecule has 1 N–H and O–H groups in total. The van der Waals surface area contributed by atoms with Gasteiger partial charge in [-0.2, -0.15) is 0 Å². The smallest absolute Gasteiger partial charge is 0.160 e. The monoisotopic (exact) mass is 343 g/mol. The number of hydrogen-bond donors (Lipinski definition) is 1. The van der Waals surface area contributed by atoms with Crippen LogP contribution in [-0.2, 0) is 0 Å². The van der Waals surface area contributed by atoms with Gasteiger partial charge in [-0.3, -0.25) is 0 Å². The first-order valence-electron chi connectivity index (χ1n) is 6.69. The summed E-state index contributed by atoms with van der Waals surface area (Å²) >= 11 is 17.6. The van der Waals surface area contributed by atoms with Crippen LogP contribution in [0, 0.1) is 5.82 Å². The van der Waals surface area contributed by atoms with Crippen molar-refractivity contribution < 1.29 is 4.39 Å². The molecule has 0 unspecified atom stereocenters. The Kier molecular flexibility index (Phi) is 4.30. The van der Waals surface area contributed by atoms with Crippen molar-refractivity contribution >= 4 is 40.5 Å². The van der Waals surface area contributed by atoms with E-state index in [0.717, 1.165) is 23.6 Å². The molecule has 0 bridgehead atoms. The molecule has 1 aliphatic rings. The molecule has 0 heterocycles. The summed E-state index contributed by atoms with van der Waals surface area (Å²) in [7, 11) is 0. The normalized spacial score (nSPS) is 21.0. The first-order valence-corrected chi connectivity index (χ1v) is 7.83. The zero-order chi connectivity index (χ0) is 15.0. The Morgan fingerprint density at radius 3 is 2.29 bits per heavy atom. The van der Waals surface area contributed by atoms with Crippen LogP contribution in [0.5, 0.6) is 0 Å². The molecule has 0 atom stereocenters. The van der Waals surface area contributed by atoms with E-state index in [1.54, 1.807) is 12.1 Å². The molecule has 1 fully saturated rings. The Hall–Kier alpha value is -0.960. The Morgan fingerprint density at radius 2 is 1.67 bits per heavy atom. The van der Waals surface area contributed by atoms with Crippen molar-refractivity contribution in [3.63, 3.8) is 0 Å². The highest BCUT2D eigenvalue weighted by atomic mass is 35.5. The van der Waals surface area contributed by atoms with Crippen LogP contribution in [0.4, 0.5) is 10.1 Å². The van der Waals surface area contributed by atoms with Crippen LogP contribution in [0.2, 0.25) is 15.1 Å². The van der Waals surface area contributed by atoms with Crippen molar-refractivity contribution in [2.24, 2.45) is 0 Å². The molecule has 5 heteroatoms. The van der Waals surface area contributed by atoms with Crippen LogP contribution >= 0.6 is 34.8 Å². The van der Waals surface area contributed by atoms with E-state index in [1.165, 1.54) is 5.56 Å². The van der Waals surface area contributed by atoms with E-state index in [2.05, 4.69) is 11.4 Å². The lowest BCUT2D eigenvalue weighted by atomic mass is 9.76. The lowest BCUT2D eigenvalue weighted by Crippen LogP contribution is -2.34. The average Bonchev–Trinajstić information content (AvgIpc) is 2.39. The van der Waals surface area contributed by atoms with Gasteiger partial charge in [0.2, 0.25) is 0 Å². The van der Waals surface area contributed by atoms with Crippen LogP contribution < -0.4 is 5.32 Å². The van der Waals surface area contributed by atoms with Crippen LogP contribution in [0.25, 0.3) is 0 Å². The summed E-state index contributed by atoms with van der Waals surface area (Å²) in [5, 5.41) is 4.17. The van der Waals surface area contributed by atoms with Gasteiger partial charge < -0.3 is 5.32 Å². The van der Waals surface area contributed by atoms with E-state index in [1.807, 2.05) is 18.2 Å². The molecular weight excluding hydrogens is 332 g/mol. The number of anilines is 1. The number of hydrogen-bond acceptors (Lipinski definition) is 1. The molecule has 0 aliphatic heterocycles. The molecule has 1 saturated carbocycles. The minimum absolute atomic E-state index is 0.0377. The number of halogens is 4. The first-order chi connectivity index (χ1) is 10.0. The van der Waals surface area contributed by atoms with E-state index in [4.69, 9.17) is 34.8 Å². The fraction of sp³-hybridized carbons (Fsp3) is 0.250. The van der Waals surface area contributed by atoms with Gasteiger partial charge >= 0.3 is 0 Å². The van der Waals surface area contributed by atoms with Gasteiger partial charge in [0.25, 0.3) is 0 Å². The fourth-order valence-electron chi connectivity index (χ4n) is 2.64. The molecule has 0 spiro atoms. The second kappa shape index (κ2) is 6.04. The van der Waals surface area contributed by atoms with E-state index in [0.29, 0.717) is 12.0 Å². The molecule has 2 aromatic rings. The number of benzene rings is 2. The highest BCUT2D eigenvalue weighted by Crippen LogP contribution is 2.39. The standard InChI is InChI=1S/C16H13Cl3FN/c17-11-3-1-2-9(4-11)10-5-12(6-10)21-13-7-14(18)16(20)15(19)8-13/h1-4,7-8,10,12,21H,5-6H2. The first kappa shape index (κ1) is 15.0. The maximum absolute atomic E-state index is 13.4. The summed E-state index contributed by atoms with van der Waals surface area (Å²) in [6.45, 7) is 0. The van der Waals surface area contributed by atoms with Crippen molar-refractivity contribution in [1.29, 1.82) is 0 Å². The summed E-state index contributed by atoms with van der Waals surface area (Å²) in [4.78, 5) is 0. The molecule has 110 valence electrons. The number of nitrogens with one attached hydrogen (secondary N) is 1. The third-order valence-corrected chi connectivity index (χ3v) is 4.60. The van der Waals surface area contributed by atoms with Gasteiger partial charge in [0.1, 0.15) is 0 Å². The molecule has 3 rings (SSSR count). The number of rotatable bonds is 3. The lowest BCUT2D eigenvalue weighted by Gasteiger charge is -2.37. The van der Waals surface area contributed by atoms with E-state index < -0.39 is 5.82 Å². The maximum Gasteiger partial charge on any atom is 0.160 e. The zero-order valence-corrected chi connectivity index (χ0v) is 13.3. The van der Waals surface area contributed by atoms with E-state index in [9.17, 15) is 4.39 Å². The van der Waals surface area contributed by atoms with Crippen LogP contribution in [0.15, 0.2) is 36.4 Å². The minimum Gasteiger partial charge on any atom is -0.382 e. The summed E-state index contributed by atoms with van der Waals surface area (Å²) in [5.74, 6) is -0.0677. The Morgan fingerprint density at radius 1 is 1.00 bits per heavy atom. The summed E-state index contributed by atoms with van der Waals surface area (Å²) < 4.78 is 13.4. The zero-order valence-electron chi connectivity index (χ0n) is 11.0. The Balaban J connectivity index is 1.62. The predicted octanol–water partition coefficient (Wildman–Crippen LogP) is 6.14. The molecule has 0 aromatic heterocycles. The minimum atomic E-state index is -0.575. The maximum atomic E-state index is 13.4. The predicted molar refractivity (Wildman–Crippen MR) is 87.3 cm³/mol. The second-order valence-corrected chi connectivity index (χ2v) is 6.57. The van der Waals surface area contributed by atoms with Crippen molar-refractivity contribution in [3.8, 4) is 0 Å². The SMILES string of the molecule is Fc1c(Cl)cc(NC2CC(c3cccc(Cl)c3)C2)cc1Cl. The largest absolute Gasteiger partial charge is 0.382 e. The van der Waals surface area contributed by atoms with Crippen molar-refractivity contribution in [2.45, 2.75) is 24.8 Å².